The number of hydrogen-bond acceptors (Lipinski definition) is 6. The maximum absolute atomic E-state index is 12.8. The molecule has 3 rings (SSSR count). The number of nitrogens with two attached hydrogens (primary N) is 1. The van der Waals surface area contributed by atoms with Gasteiger partial charge in [-0.05, 0) is 18.2 Å². The number of rotatable bonds is 4. The Kier molecular flexibility index (Phi) is 5.27. The van der Waals surface area contributed by atoms with Crippen LogP contribution in [0.5, 0.6) is 0 Å². The Bertz CT molecular complexity index is 889. The Labute approximate surface area is 157 Å². The summed E-state index contributed by atoms with van der Waals surface area (Å²) in [6.45, 7) is 1.19. The highest BCUT2D eigenvalue weighted by Crippen LogP contribution is 2.36. The molecule has 0 unspecified atom stereocenters. The molecule has 1 aliphatic heterocycles. The Morgan fingerprint density at radius 2 is 1.89 bits per heavy atom. The molecule has 2 N–H and O–H groups in total. The first-order valence-electron chi connectivity index (χ1n) is 8.38. The second-order valence-electron chi connectivity index (χ2n) is 6.24. The van der Waals surface area contributed by atoms with Gasteiger partial charge in [0.2, 0.25) is 0 Å². The van der Waals surface area contributed by atoms with Gasteiger partial charge >= 0.3 is 6.18 Å². The minimum absolute atomic E-state index is 0.0961. The molecule has 1 saturated heterocycles. The summed E-state index contributed by atoms with van der Waals surface area (Å²) in [6.07, 6.45) is -3.35. The maximum atomic E-state index is 12.8. The Morgan fingerprint density at radius 1 is 1.21 bits per heavy atom. The third-order valence-corrected chi connectivity index (χ3v) is 4.51. The Balaban J connectivity index is 1.74. The second kappa shape index (κ2) is 7.50. The van der Waals surface area contributed by atoms with Crippen molar-refractivity contribution in [3.05, 3.63) is 57.5 Å². The number of anilines is 1. The van der Waals surface area contributed by atoms with Crippen LogP contribution >= 0.6 is 0 Å². The van der Waals surface area contributed by atoms with Gasteiger partial charge in [0.1, 0.15) is 17.7 Å². The monoisotopic (exact) mass is 398 g/mol. The van der Waals surface area contributed by atoms with Gasteiger partial charge in [0.25, 0.3) is 11.6 Å². The molecule has 0 atom stereocenters. The summed E-state index contributed by atoms with van der Waals surface area (Å²) in [6, 6.07) is 4.00. The standard InChI is InChI=1S/C17H17F3N4O4/c18-17(19,20)12-1-2-14(15(8-12)24(26)27)22-3-5-23(6-4-22)16(25)11-7-13(9-21)28-10-11/h1-2,7-8,10H,3-6,9,21H2. The molecule has 150 valence electrons. The van der Waals surface area contributed by atoms with Crippen molar-refractivity contribution in [2.24, 2.45) is 5.73 Å². The zero-order valence-electron chi connectivity index (χ0n) is 14.6. The fraction of sp³-hybridized carbons (Fsp3) is 0.353. The number of carbonyl (C=O) groups is 1. The fourth-order valence-electron chi connectivity index (χ4n) is 3.05. The van der Waals surface area contributed by atoms with Gasteiger partial charge in [0, 0.05) is 32.2 Å². The highest BCUT2D eigenvalue weighted by Gasteiger charge is 2.34. The van der Waals surface area contributed by atoms with Gasteiger partial charge in [-0.2, -0.15) is 13.2 Å². The largest absolute Gasteiger partial charge is 0.467 e. The van der Waals surface area contributed by atoms with Crippen molar-refractivity contribution in [2.75, 3.05) is 31.1 Å². The zero-order chi connectivity index (χ0) is 20.5. The van der Waals surface area contributed by atoms with Crippen molar-refractivity contribution in [3.8, 4) is 0 Å². The summed E-state index contributed by atoms with van der Waals surface area (Å²) in [4.78, 5) is 26.1. The summed E-state index contributed by atoms with van der Waals surface area (Å²) in [5.41, 5.74) is 4.21. The van der Waals surface area contributed by atoms with E-state index >= 15 is 0 Å². The van der Waals surface area contributed by atoms with Gasteiger partial charge in [0.15, 0.2) is 0 Å². The fourth-order valence-corrected chi connectivity index (χ4v) is 3.05. The van der Waals surface area contributed by atoms with Crippen molar-refractivity contribution in [1.29, 1.82) is 0 Å². The first-order valence-corrected chi connectivity index (χ1v) is 8.38. The molecular weight excluding hydrogens is 381 g/mol. The predicted molar refractivity (Wildman–Crippen MR) is 92.8 cm³/mol. The van der Waals surface area contributed by atoms with Crippen molar-refractivity contribution in [1.82, 2.24) is 4.90 Å². The number of halogens is 3. The lowest BCUT2D eigenvalue weighted by Crippen LogP contribution is -2.48. The van der Waals surface area contributed by atoms with Crippen LogP contribution in [0.1, 0.15) is 21.7 Å². The molecule has 0 radical (unpaired) electrons. The van der Waals surface area contributed by atoms with E-state index in [2.05, 4.69) is 0 Å². The lowest BCUT2D eigenvalue weighted by Gasteiger charge is -2.35. The number of nitro benzene ring substituents is 1. The number of nitrogens with zero attached hydrogens (tertiary/aromatic N) is 3. The summed E-state index contributed by atoms with van der Waals surface area (Å²) in [7, 11) is 0. The van der Waals surface area contributed by atoms with E-state index < -0.39 is 22.4 Å². The van der Waals surface area contributed by atoms with Crippen LogP contribution < -0.4 is 10.6 Å². The summed E-state index contributed by atoms with van der Waals surface area (Å²) in [5, 5.41) is 11.3. The van der Waals surface area contributed by atoms with Gasteiger partial charge < -0.3 is 20.0 Å². The molecule has 1 aromatic carbocycles. The minimum atomic E-state index is -4.67. The van der Waals surface area contributed by atoms with E-state index in [1.165, 1.54) is 6.26 Å². The number of furan rings is 1. The van der Waals surface area contributed by atoms with Gasteiger partial charge in [-0.3, -0.25) is 14.9 Å². The average Bonchev–Trinajstić information content (AvgIpc) is 3.15. The maximum Gasteiger partial charge on any atom is 0.416 e. The number of benzene rings is 1. The molecule has 0 bridgehead atoms. The van der Waals surface area contributed by atoms with Crippen LogP contribution in [0, 0.1) is 10.1 Å². The first-order chi connectivity index (χ1) is 13.2. The normalized spacial score (nSPS) is 15.0. The van der Waals surface area contributed by atoms with Gasteiger partial charge in [-0.15, -0.1) is 0 Å². The number of alkyl halides is 3. The molecule has 2 heterocycles. The first kappa shape index (κ1) is 19.7. The number of amides is 1. The number of nitro groups is 1. The minimum Gasteiger partial charge on any atom is -0.467 e. The quantitative estimate of drug-likeness (QED) is 0.627. The summed E-state index contributed by atoms with van der Waals surface area (Å²) < 4.78 is 43.7. The van der Waals surface area contributed by atoms with Crippen LogP contribution in [-0.4, -0.2) is 41.9 Å². The SMILES string of the molecule is NCc1cc(C(=O)N2CCN(c3ccc(C(F)(F)F)cc3[N+](=O)[O-])CC2)co1. The third-order valence-electron chi connectivity index (χ3n) is 4.51. The van der Waals surface area contributed by atoms with Crippen molar-refractivity contribution in [2.45, 2.75) is 12.7 Å². The van der Waals surface area contributed by atoms with E-state index in [0.29, 0.717) is 17.4 Å². The van der Waals surface area contributed by atoms with E-state index in [9.17, 15) is 28.1 Å². The van der Waals surface area contributed by atoms with E-state index in [-0.39, 0.29) is 44.3 Å². The van der Waals surface area contributed by atoms with Gasteiger partial charge in [-0.1, -0.05) is 0 Å². The van der Waals surface area contributed by atoms with E-state index in [0.717, 1.165) is 12.1 Å². The molecule has 11 heteroatoms. The van der Waals surface area contributed by atoms with Crippen molar-refractivity contribution >= 4 is 17.3 Å². The molecular formula is C17H17F3N4O4. The third kappa shape index (κ3) is 3.93. The van der Waals surface area contributed by atoms with Crippen molar-refractivity contribution in [3.63, 3.8) is 0 Å². The Morgan fingerprint density at radius 3 is 2.43 bits per heavy atom. The smallest absolute Gasteiger partial charge is 0.416 e. The van der Waals surface area contributed by atoms with Gasteiger partial charge in [0.05, 0.1) is 22.6 Å². The molecule has 1 amide bonds. The summed E-state index contributed by atoms with van der Waals surface area (Å²) in [5.74, 6) is 0.215. The number of piperazine rings is 1. The Hall–Kier alpha value is -3.08. The molecule has 8 nitrogen and oxygen atoms in total. The molecule has 28 heavy (non-hydrogen) atoms. The van der Waals surface area contributed by atoms with Gasteiger partial charge in [-0.25, -0.2) is 0 Å². The highest BCUT2D eigenvalue weighted by atomic mass is 19.4. The van der Waals surface area contributed by atoms with Crippen molar-refractivity contribution < 1.29 is 27.3 Å². The molecule has 1 aromatic heterocycles. The van der Waals surface area contributed by atoms with E-state index in [4.69, 9.17) is 10.2 Å². The predicted octanol–water partition coefficient (Wildman–Crippen LogP) is 2.63. The molecule has 0 aliphatic carbocycles. The summed E-state index contributed by atoms with van der Waals surface area (Å²) >= 11 is 0. The number of hydrogen-bond donors (Lipinski definition) is 1. The van der Waals surface area contributed by atoms with Crippen LogP contribution in [0.25, 0.3) is 0 Å². The molecule has 2 aromatic rings. The van der Waals surface area contributed by atoms with Crippen LogP contribution in [0.4, 0.5) is 24.5 Å². The highest BCUT2D eigenvalue weighted by molar-refractivity contribution is 5.94. The average molecular weight is 398 g/mol. The van der Waals surface area contributed by atoms with Crippen LogP contribution in [0.15, 0.2) is 34.9 Å². The molecule has 1 aliphatic rings. The van der Waals surface area contributed by atoms with E-state index in [1.807, 2.05) is 0 Å². The molecule has 0 saturated carbocycles. The molecule has 1 fully saturated rings. The zero-order valence-corrected chi connectivity index (χ0v) is 14.6. The number of carbonyl (C=O) groups excluding carboxylic acids is 1. The van der Waals surface area contributed by atoms with Crippen LogP contribution in [-0.2, 0) is 12.7 Å². The topological polar surface area (TPSA) is 106 Å². The lowest BCUT2D eigenvalue weighted by atomic mass is 10.1. The molecule has 0 spiro atoms. The van der Waals surface area contributed by atoms with E-state index in [1.54, 1.807) is 15.9 Å². The van der Waals surface area contributed by atoms with Crippen LogP contribution in [0.3, 0.4) is 0 Å². The van der Waals surface area contributed by atoms with Crippen LogP contribution in [0.2, 0.25) is 0 Å². The lowest BCUT2D eigenvalue weighted by molar-refractivity contribution is -0.384. The second-order valence-corrected chi connectivity index (χ2v) is 6.24.